The van der Waals surface area contributed by atoms with Crippen LogP contribution in [-0.2, 0) is 13.0 Å². The van der Waals surface area contributed by atoms with Gasteiger partial charge in [0.2, 0.25) is 0 Å². The zero-order valence-corrected chi connectivity index (χ0v) is 12.8. The molecule has 2 rings (SSSR count). The molecule has 0 spiro atoms. The Hall–Kier alpha value is -1.39. The molecule has 0 saturated carbocycles. The van der Waals surface area contributed by atoms with E-state index < -0.39 is 6.10 Å². The first-order chi connectivity index (χ1) is 9.45. The van der Waals surface area contributed by atoms with E-state index >= 15 is 0 Å². The fourth-order valence-corrected chi connectivity index (χ4v) is 2.49. The first kappa shape index (κ1) is 15.0. The molecule has 0 amide bonds. The van der Waals surface area contributed by atoms with Gasteiger partial charge in [-0.3, -0.25) is 0 Å². The largest absolute Gasteiger partial charge is 0.388 e. The van der Waals surface area contributed by atoms with E-state index in [2.05, 4.69) is 23.9 Å². The Morgan fingerprint density at radius 2 is 2.05 bits per heavy atom. The molecule has 0 aliphatic carbocycles. The molecule has 108 valence electrons. The maximum atomic E-state index is 10.4. The third-order valence-electron chi connectivity index (χ3n) is 3.06. The highest BCUT2D eigenvalue weighted by atomic mass is 35.5. The summed E-state index contributed by atoms with van der Waals surface area (Å²) < 4.78 is 1.85. The van der Waals surface area contributed by atoms with Crippen molar-refractivity contribution in [1.82, 2.24) is 14.8 Å². The normalized spacial score (nSPS) is 12.9. The number of benzene rings is 1. The highest BCUT2D eigenvalue weighted by molar-refractivity contribution is 6.30. The number of aliphatic hydroxyl groups excluding tert-OH is 1. The van der Waals surface area contributed by atoms with E-state index in [1.165, 1.54) is 6.33 Å². The van der Waals surface area contributed by atoms with E-state index in [0.29, 0.717) is 17.4 Å². The minimum Gasteiger partial charge on any atom is -0.388 e. The summed E-state index contributed by atoms with van der Waals surface area (Å²) in [5, 5.41) is 15.2. The Bertz CT molecular complexity index is 560. The summed E-state index contributed by atoms with van der Waals surface area (Å²) in [5.41, 5.74) is 1.85. The van der Waals surface area contributed by atoms with Crippen molar-refractivity contribution in [2.75, 3.05) is 0 Å². The van der Waals surface area contributed by atoms with Crippen LogP contribution in [0.3, 0.4) is 0 Å². The van der Waals surface area contributed by atoms with Crippen molar-refractivity contribution < 1.29 is 5.11 Å². The molecule has 0 aliphatic rings. The zero-order valence-electron chi connectivity index (χ0n) is 12.0. The number of nitrogens with zero attached hydrogens (tertiary/aromatic N) is 3. The molecule has 0 bridgehead atoms. The molecule has 1 heterocycles. The average molecular weight is 294 g/mol. The molecule has 2 aromatic rings. The highest BCUT2D eigenvalue weighted by Crippen LogP contribution is 2.22. The SMILES string of the molecule is Cc1cc(Cl)cc(C(O)Cc2ncnn2CC(C)C)c1. The minimum atomic E-state index is -0.623. The summed E-state index contributed by atoms with van der Waals surface area (Å²) in [5.74, 6) is 1.28. The lowest BCUT2D eigenvalue weighted by atomic mass is 10.0. The van der Waals surface area contributed by atoms with Crippen molar-refractivity contribution in [1.29, 1.82) is 0 Å². The van der Waals surface area contributed by atoms with Gasteiger partial charge in [-0.25, -0.2) is 9.67 Å². The molecule has 1 aromatic carbocycles. The van der Waals surface area contributed by atoms with Gasteiger partial charge in [0.25, 0.3) is 0 Å². The second-order valence-corrected chi connectivity index (χ2v) is 5.97. The predicted octanol–water partition coefficient (Wildman–Crippen LogP) is 3.17. The monoisotopic (exact) mass is 293 g/mol. The lowest BCUT2D eigenvalue weighted by Crippen LogP contribution is -2.13. The van der Waals surface area contributed by atoms with Crippen LogP contribution in [0.15, 0.2) is 24.5 Å². The first-order valence-electron chi connectivity index (χ1n) is 6.77. The molecule has 20 heavy (non-hydrogen) atoms. The van der Waals surface area contributed by atoms with Crippen LogP contribution in [-0.4, -0.2) is 19.9 Å². The number of hydrogen-bond acceptors (Lipinski definition) is 3. The van der Waals surface area contributed by atoms with Crippen molar-refractivity contribution in [3.63, 3.8) is 0 Å². The summed E-state index contributed by atoms with van der Waals surface area (Å²) in [6.45, 7) is 7.02. The van der Waals surface area contributed by atoms with Gasteiger partial charge in [0.05, 0.1) is 6.10 Å². The quantitative estimate of drug-likeness (QED) is 0.921. The second-order valence-electron chi connectivity index (χ2n) is 5.53. The van der Waals surface area contributed by atoms with E-state index in [-0.39, 0.29) is 0 Å². The molecule has 0 fully saturated rings. The molecule has 4 nitrogen and oxygen atoms in total. The number of rotatable bonds is 5. The molecule has 0 aliphatic heterocycles. The van der Waals surface area contributed by atoms with Gasteiger partial charge in [0.15, 0.2) is 0 Å². The summed E-state index contributed by atoms with van der Waals surface area (Å²) in [4.78, 5) is 4.24. The lowest BCUT2D eigenvalue weighted by molar-refractivity contribution is 0.173. The number of halogens is 1. The van der Waals surface area contributed by atoms with Gasteiger partial charge in [-0.15, -0.1) is 0 Å². The Labute approximate surface area is 124 Å². The third-order valence-corrected chi connectivity index (χ3v) is 3.28. The molecule has 1 atom stereocenters. The van der Waals surface area contributed by atoms with Gasteiger partial charge in [0, 0.05) is 18.0 Å². The molecule has 1 N–H and O–H groups in total. The van der Waals surface area contributed by atoms with Gasteiger partial charge >= 0.3 is 0 Å². The number of hydrogen-bond donors (Lipinski definition) is 1. The lowest BCUT2D eigenvalue weighted by Gasteiger charge is -2.13. The van der Waals surface area contributed by atoms with E-state index in [9.17, 15) is 5.11 Å². The second kappa shape index (κ2) is 6.37. The van der Waals surface area contributed by atoms with Gasteiger partial charge < -0.3 is 5.11 Å². The molecule has 0 radical (unpaired) electrons. The van der Waals surface area contributed by atoms with E-state index in [1.807, 2.05) is 23.7 Å². The van der Waals surface area contributed by atoms with Crippen LogP contribution in [0.25, 0.3) is 0 Å². The molecular weight excluding hydrogens is 274 g/mol. The van der Waals surface area contributed by atoms with Crippen molar-refractivity contribution >= 4 is 11.6 Å². The van der Waals surface area contributed by atoms with Gasteiger partial charge in [-0.1, -0.05) is 31.5 Å². The summed E-state index contributed by atoms with van der Waals surface area (Å²) in [7, 11) is 0. The maximum absolute atomic E-state index is 10.4. The van der Waals surface area contributed by atoms with E-state index in [1.54, 1.807) is 6.07 Å². The number of aromatic nitrogens is 3. The number of aryl methyl sites for hydroxylation is 1. The van der Waals surface area contributed by atoms with Crippen LogP contribution in [0.2, 0.25) is 5.02 Å². The first-order valence-corrected chi connectivity index (χ1v) is 7.15. The van der Waals surface area contributed by atoms with Crippen molar-refractivity contribution in [2.24, 2.45) is 5.92 Å². The topological polar surface area (TPSA) is 50.9 Å². The smallest absolute Gasteiger partial charge is 0.138 e. The summed E-state index contributed by atoms with van der Waals surface area (Å²) in [6.07, 6.45) is 1.35. The van der Waals surface area contributed by atoms with Crippen LogP contribution in [0, 0.1) is 12.8 Å². The Kier molecular flexibility index (Phi) is 4.78. The fourth-order valence-electron chi connectivity index (χ4n) is 2.19. The zero-order chi connectivity index (χ0) is 14.7. The van der Waals surface area contributed by atoms with Gasteiger partial charge in [-0.05, 0) is 36.1 Å². The third kappa shape index (κ3) is 3.81. The highest BCUT2D eigenvalue weighted by Gasteiger charge is 2.14. The van der Waals surface area contributed by atoms with Crippen molar-refractivity contribution in [2.45, 2.75) is 39.8 Å². The van der Waals surface area contributed by atoms with Crippen LogP contribution in [0.1, 0.15) is 36.9 Å². The van der Waals surface area contributed by atoms with Crippen LogP contribution < -0.4 is 0 Å². The fraction of sp³-hybridized carbons (Fsp3) is 0.467. The van der Waals surface area contributed by atoms with E-state index in [0.717, 1.165) is 23.5 Å². The molecule has 1 aromatic heterocycles. The predicted molar refractivity (Wildman–Crippen MR) is 79.7 cm³/mol. The Balaban J connectivity index is 2.15. The summed E-state index contributed by atoms with van der Waals surface area (Å²) >= 11 is 6.03. The van der Waals surface area contributed by atoms with Gasteiger partial charge in [-0.2, -0.15) is 5.10 Å². The van der Waals surface area contributed by atoms with Crippen LogP contribution >= 0.6 is 11.6 Å². The molecular formula is C15H20ClN3O. The van der Waals surface area contributed by atoms with E-state index in [4.69, 9.17) is 11.6 Å². The standard InChI is InChI=1S/C15H20ClN3O/c1-10(2)8-19-15(17-9-18-19)7-14(20)12-4-11(3)5-13(16)6-12/h4-6,9-10,14,20H,7-8H2,1-3H3. The number of aliphatic hydroxyl groups is 1. The van der Waals surface area contributed by atoms with Crippen LogP contribution in [0.5, 0.6) is 0 Å². The Morgan fingerprint density at radius 1 is 1.30 bits per heavy atom. The minimum absolute atomic E-state index is 0.437. The van der Waals surface area contributed by atoms with Gasteiger partial charge in [0.1, 0.15) is 12.2 Å². The van der Waals surface area contributed by atoms with Crippen molar-refractivity contribution in [3.8, 4) is 0 Å². The van der Waals surface area contributed by atoms with Crippen molar-refractivity contribution in [3.05, 3.63) is 46.5 Å². The summed E-state index contributed by atoms with van der Waals surface area (Å²) in [6, 6.07) is 5.61. The average Bonchev–Trinajstić information content (AvgIpc) is 2.74. The molecule has 1 unspecified atom stereocenters. The maximum Gasteiger partial charge on any atom is 0.138 e. The van der Waals surface area contributed by atoms with Crippen LogP contribution in [0.4, 0.5) is 0 Å². The Morgan fingerprint density at radius 3 is 2.70 bits per heavy atom. The molecule has 0 saturated heterocycles. The molecule has 5 heteroatoms.